The first-order valence-electron chi connectivity index (χ1n) is 16.0. The lowest BCUT2D eigenvalue weighted by Crippen LogP contribution is -2.68. The van der Waals surface area contributed by atoms with E-state index in [0.717, 1.165) is 50.6 Å². The Morgan fingerprint density at radius 3 is 2.44 bits per heavy atom. The van der Waals surface area contributed by atoms with Crippen molar-refractivity contribution >= 4 is 17.8 Å². The average molecular weight is 591 g/mol. The highest BCUT2D eigenvalue weighted by molar-refractivity contribution is 5.76. The molecule has 43 heavy (non-hydrogen) atoms. The molecule has 2 aromatic rings. The molecule has 7 nitrogen and oxygen atoms in total. The smallest absolute Gasteiger partial charge is 0.308 e. The number of ether oxygens (including phenoxy) is 2. The van der Waals surface area contributed by atoms with Crippen molar-refractivity contribution in [3.63, 3.8) is 0 Å². The van der Waals surface area contributed by atoms with Gasteiger partial charge in [-0.05, 0) is 87.7 Å². The van der Waals surface area contributed by atoms with Gasteiger partial charge in [0.2, 0.25) is 5.91 Å². The predicted octanol–water partition coefficient (Wildman–Crippen LogP) is 6.33. The molecule has 1 aliphatic heterocycles. The van der Waals surface area contributed by atoms with Crippen LogP contribution in [0.1, 0.15) is 90.2 Å². The maximum atomic E-state index is 13.9. The van der Waals surface area contributed by atoms with Crippen molar-refractivity contribution in [1.29, 1.82) is 0 Å². The summed E-state index contributed by atoms with van der Waals surface area (Å²) in [7, 11) is 2.07. The number of likely N-dealkylation sites (N-methyl/N-ethyl adjacent to an activating group) is 1. The number of benzene rings is 2. The van der Waals surface area contributed by atoms with Crippen molar-refractivity contribution in [3.05, 3.63) is 65.7 Å². The second kappa shape index (κ2) is 14.5. The van der Waals surface area contributed by atoms with Crippen LogP contribution in [-0.2, 0) is 31.0 Å². The summed E-state index contributed by atoms with van der Waals surface area (Å²) in [4.78, 5) is 42.7. The van der Waals surface area contributed by atoms with Crippen molar-refractivity contribution in [2.45, 2.75) is 103 Å². The summed E-state index contributed by atoms with van der Waals surface area (Å²) in [6.45, 7) is 9.39. The number of hydrogen-bond donors (Lipinski definition) is 0. The van der Waals surface area contributed by atoms with Gasteiger partial charge in [-0.1, -0.05) is 62.7 Å². The molecule has 1 aliphatic carbocycles. The number of likely N-dealkylation sites (tertiary alicyclic amines) is 1. The second-order valence-electron chi connectivity index (χ2n) is 13.2. The van der Waals surface area contributed by atoms with E-state index in [0.29, 0.717) is 44.0 Å². The Morgan fingerprint density at radius 2 is 1.74 bits per heavy atom. The van der Waals surface area contributed by atoms with E-state index < -0.39 is 11.0 Å². The zero-order valence-electron chi connectivity index (χ0n) is 26.8. The quantitative estimate of drug-likeness (QED) is 0.163. The summed E-state index contributed by atoms with van der Waals surface area (Å²) in [5, 5.41) is 0. The molecular formula is C36H50N2O5. The van der Waals surface area contributed by atoms with Crippen LogP contribution in [0.5, 0.6) is 5.75 Å². The summed E-state index contributed by atoms with van der Waals surface area (Å²) < 4.78 is 11.8. The van der Waals surface area contributed by atoms with Crippen molar-refractivity contribution in [2.75, 3.05) is 26.7 Å². The van der Waals surface area contributed by atoms with Gasteiger partial charge in [0, 0.05) is 44.8 Å². The lowest BCUT2D eigenvalue weighted by atomic mass is 9.55. The number of carbonyl (C=O) groups is 3. The van der Waals surface area contributed by atoms with E-state index in [2.05, 4.69) is 61.0 Å². The van der Waals surface area contributed by atoms with Gasteiger partial charge >= 0.3 is 11.9 Å². The lowest BCUT2D eigenvalue weighted by Gasteiger charge is -2.60. The van der Waals surface area contributed by atoms with Crippen LogP contribution >= 0.6 is 0 Å². The predicted molar refractivity (Wildman–Crippen MR) is 169 cm³/mol. The molecular weight excluding hydrogens is 540 g/mol. The number of carbonyl (C=O) groups excluding carboxylic acids is 3. The molecule has 2 aliphatic rings. The number of amides is 1. The number of hydrogen-bond acceptors (Lipinski definition) is 6. The first-order chi connectivity index (χ1) is 20.5. The third-order valence-electron chi connectivity index (χ3n) is 9.29. The first-order valence-corrected chi connectivity index (χ1v) is 16.0. The van der Waals surface area contributed by atoms with Crippen molar-refractivity contribution < 1.29 is 23.9 Å². The molecule has 0 radical (unpaired) electrons. The summed E-state index contributed by atoms with van der Waals surface area (Å²) in [5.74, 6) is 0.379. The number of unbranched alkanes of at least 4 members (excludes halogenated alkanes) is 2. The molecule has 234 valence electrons. The topological polar surface area (TPSA) is 76.2 Å². The van der Waals surface area contributed by atoms with Gasteiger partial charge in [-0.15, -0.1) is 0 Å². The minimum absolute atomic E-state index is 0.0312. The number of esters is 2. The minimum atomic E-state index is -0.735. The van der Waals surface area contributed by atoms with E-state index in [1.807, 2.05) is 18.2 Å². The molecule has 7 heteroatoms. The SMILES string of the molecule is CC(=O)Oc1cccc(C23CCN(C)CC2(OC(C)=O)CCC(N(CC(C)C)C(=O)CCCCCc2ccccc2)C3)c1. The van der Waals surface area contributed by atoms with Crippen molar-refractivity contribution in [3.8, 4) is 5.75 Å². The minimum Gasteiger partial charge on any atom is -0.457 e. The number of nitrogens with zero attached hydrogens (tertiary/aromatic N) is 2. The van der Waals surface area contributed by atoms with Crippen LogP contribution in [0, 0.1) is 5.92 Å². The van der Waals surface area contributed by atoms with Crippen LogP contribution in [0.3, 0.4) is 0 Å². The monoisotopic (exact) mass is 590 g/mol. The van der Waals surface area contributed by atoms with Gasteiger partial charge in [-0.2, -0.15) is 0 Å². The van der Waals surface area contributed by atoms with Gasteiger partial charge in [-0.25, -0.2) is 0 Å². The molecule has 0 N–H and O–H groups in total. The molecule has 0 spiro atoms. The molecule has 3 atom stereocenters. The van der Waals surface area contributed by atoms with E-state index in [1.54, 1.807) is 6.07 Å². The van der Waals surface area contributed by atoms with Crippen LogP contribution in [0.2, 0.25) is 0 Å². The average Bonchev–Trinajstić information content (AvgIpc) is 2.95. The van der Waals surface area contributed by atoms with Gasteiger partial charge in [0.25, 0.3) is 0 Å². The molecule has 3 unspecified atom stereocenters. The van der Waals surface area contributed by atoms with E-state index >= 15 is 0 Å². The Balaban J connectivity index is 1.59. The zero-order valence-corrected chi connectivity index (χ0v) is 26.8. The van der Waals surface area contributed by atoms with Crippen molar-refractivity contribution in [1.82, 2.24) is 9.80 Å². The van der Waals surface area contributed by atoms with Crippen LogP contribution in [-0.4, -0.2) is 66.0 Å². The van der Waals surface area contributed by atoms with E-state index in [9.17, 15) is 14.4 Å². The molecule has 2 fully saturated rings. The summed E-state index contributed by atoms with van der Waals surface area (Å²) in [5.41, 5.74) is 1.09. The molecule has 1 saturated carbocycles. The standard InChI is InChI=1S/C36H50N2O5/c1-27(2)25-38(34(41)18-11-7-10-15-30-13-8-6-9-14-30)32-19-20-36(43-29(4)40)26-37(5)22-21-35(36,24-32)31-16-12-17-33(23-31)42-28(3)39/h6,8-9,12-14,16-17,23,27,32H,7,10-11,15,18-22,24-26H2,1-5H3. The Kier molecular flexibility index (Phi) is 11.0. The van der Waals surface area contributed by atoms with Crippen LogP contribution < -0.4 is 4.74 Å². The highest BCUT2D eigenvalue weighted by Gasteiger charge is 2.61. The highest BCUT2D eigenvalue weighted by atomic mass is 16.6. The summed E-state index contributed by atoms with van der Waals surface area (Å²) in [6.07, 6.45) is 7.48. The Morgan fingerprint density at radius 1 is 0.977 bits per heavy atom. The van der Waals surface area contributed by atoms with E-state index in [-0.39, 0.29) is 23.9 Å². The highest BCUT2D eigenvalue weighted by Crippen LogP contribution is 2.54. The van der Waals surface area contributed by atoms with Gasteiger partial charge in [0.05, 0.1) is 0 Å². The Labute approximate surface area is 257 Å². The van der Waals surface area contributed by atoms with Gasteiger partial charge in [-0.3, -0.25) is 14.4 Å². The maximum Gasteiger partial charge on any atom is 0.308 e. The largest absolute Gasteiger partial charge is 0.457 e. The molecule has 4 rings (SSSR count). The molecule has 1 heterocycles. The van der Waals surface area contributed by atoms with Crippen LogP contribution in [0.4, 0.5) is 0 Å². The number of fused-ring (bicyclic) bond motifs is 1. The fourth-order valence-corrected chi connectivity index (χ4v) is 7.48. The van der Waals surface area contributed by atoms with Crippen LogP contribution in [0.15, 0.2) is 54.6 Å². The first kappa shape index (κ1) is 32.7. The third kappa shape index (κ3) is 8.05. The fourth-order valence-electron chi connectivity index (χ4n) is 7.48. The Bertz CT molecular complexity index is 1250. The fraction of sp³-hybridized carbons (Fsp3) is 0.583. The Hall–Kier alpha value is -3.19. The number of aryl methyl sites for hydroxylation is 1. The lowest BCUT2D eigenvalue weighted by molar-refractivity contribution is -0.189. The van der Waals surface area contributed by atoms with E-state index in [4.69, 9.17) is 9.47 Å². The molecule has 0 aromatic heterocycles. The second-order valence-corrected chi connectivity index (χ2v) is 13.2. The molecule has 1 amide bonds. The molecule has 0 bridgehead atoms. The zero-order chi connectivity index (χ0) is 31.0. The van der Waals surface area contributed by atoms with Gasteiger partial charge < -0.3 is 19.3 Å². The molecule has 2 aromatic carbocycles. The number of piperidine rings is 1. The number of rotatable bonds is 12. The van der Waals surface area contributed by atoms with Crippen molar-refractivity contribution in [2.24, 2.45) is 5.92 Å². The van der Waals surface area contributed by atoms with Gasteiger partial charge in [0.15, 0.2) is 0 Å². The normalized spacial score (nSPS) is 23.8. The molecule has 1 saturated heterocycles. The maximum absolute atomic E-state index is 13.9. The summed E-state index contributed by atoms with van der Waals surface area (Å²) >= 11 is 0. The third-order valence-corrected chi connectivity index (χ3v) is 9.29. The summed E-state index contributed by atoms with van der Waals surface area (Å²) in [6, 6.07) is 18.3. The van der Waals surface area contributed by atoms with Crippen LogP contribution in [0.25, 0.3) is 0 Å². The van der Waals surface area contributed by atoms with Gasteiger partial charge in [0.1, 0.15) is 11.4 Å². The van der Waals surface area contributed by atoms with E-state index in [1.165, 1.54) is 19.4 Å².